The SMILES string of the molecule is CNC(=O)[C@@H]1CCCCN1Cc1c(OC)ccc(F)c1F. The molecule has 1 saturated heterocycles. The highest BCUT2D eigenvalue weighted by molar-refractivity contribution is 5.81. The highest BCUT2D eigenvalue weighted by Gasteiger charge is 2.29. The molecule has 0 bridgehead atoms. The Hall–Kier alpha value is -1.69. The largest absolute Gasteiger partial charge is 0.496 e. The van der Waals surface area contributed by atoms with E-state index < -0.39 is 11.6 Å². The Balaban J connectivity index is 2.27. The summed E-state index contributed by atoms with van der Waals surface area (Å²) in [6.07, 6.45) is 2.61. The second-order valence-corrected chi connectivity index (χ2v) is 5.14. The normalized spacial score (nSPS) is 19.3. The second-order valence-electron chi connectivity index (χ2n) is 5.14. The van der Waals surface area contributed by atoms with E-state index in [1.807, 2.05) is 4.90 Å². The van der Waals surface area contributed by atoms with E-state index in [4.69, 9.17) is 4.74 Å². The van der Waals surface area contributed by atoms with Crippen LogP contribution in [0.2, 0.25) is 0 Å². The molecular formula is C15H20F2N2O2. The van der Waals surface area contributed by atoms with E-state index >= 15 is 0 Å². The van der Waals surface area contributed by atoms with Crippen molar-refractivity contribution >= 4 is 5.91 Å². The summed E-state index contributed by atoms with van der Waals surface area (Å²) in [5.41, 5.74) is 0.160. The van der Waals surface area contributed by atoms with Crippen molar-refractivity contribution < 1.29 is 18.3 Å². The fourth-order valence-corrected chi connectivity index (χ4v) is 2.76. The van der Waals surface area contributed by atoms with Crippen LogP contribution in [0.3, 0.4) is 0 Å². The molecule has 0 spiro atoms. The highest BCUT2D eigenvalue weighted by Crippen LogP contribution is 2.28. The molecule has 1 aliphatic rings. The zero-order valence-electron chi connectivity index (χ0n) is 12.3. The molecule has 6 heteroatoms. The molecule has 1 atom stereocenters. The first kappa shape index (κ1) is 15.7. The summed E-state index contributed by atoms with van der Waals surface area (Å²) in [6, 6.07) is 2.15. The van der Waals surface area contributed by atoms with Gasteiger partial charge >= 0.3 is 0 Å². The van der Waals surface area contributed by atoms with Crippen molar-refractivity contribution in [2.75, 3.05) is 20.7 Å². The average Bonchev–Trinajstić information content (AvgIpc) is 2.52. The van der Waals surface area contributed by atoms with Crippen LogP contribution >= 0.6 is 0 Å². The number of methoxy groups -OCH3 is 1. The number of ether oxygens (including phenoxy) is 1. The topological polar surface area (TPSA) is 41.6 Å². The number of hydrogen-bond acceptors (Lipinski definition) is 3. The van der Waals surface area contributed by atoms with Crippen molar-refractivity contribution in [1.29, 1.82) is 0 Å². The van der Waals surface area contributed by atoms with Gasteiger partial charge in [0.1, 0.15) is 5.75 Å². The lowest BCUT2D eigenvalue weighted by Gasteiger charge is -2.34. The summed E-state index contributed by atoms with van der Waals surface area (Å²) >= 11 is 0. The molecule has 0 radical (unpaired) electrons. The molecule has 2 rings (SSSR count). The van der Waals surface area contributed by atoms with Gasteiger partial charge in [-0.2, -0.15) is 0 Å². The lowest BCUT2D eigenvalue weighted by atomic mass is 10.00. The van der Waals surface area contributed by atoms with E-state index in [-0.39, 0.29) is 24.1 Å². The van der Waals surface area contributed by atoms with Crippen LogP contribution in [-0.2, 0) is 11.3 Å². The van der Waals surface area contributed by atoms with Crippen LogP contribution in [0.1, 0.15) is 24.8 Å². The summed E-state index contributed by atoms with van der Waals surface area (Å²) in [4.78, 5) is 13.8. The summed E-state index contributed by atoms with van der Waals surface area (Å²) < 4.78 is 32.6. The van der Waals surface area contributed by atoms with Gasteiger partial charge in [0.25, 0.3) is 0 Å². The summed E-state index contributed by atoms with van der Waals surface area (Å²) in [6.45, 7) is 0.835. The zero-order chi connectivity index (χ0) is 15.4. The minimum atomic E-state index is -0.907. The number of benzene rings is 1. The van der Waals surface area contributed by atoms with Crippen molar-refractivity contribution in [3.63, 3.8) is 0 Å². The van der Waals surface area contributed by atoms with Crippen LogP contribution in [0.15, 0.2) is 12.1 Å². The molecule has 116 valence electrons. The summed E-state index contributed by atoms with van der Waals surface area (Å²) in [5, 5.41) is 2.63. The van der Waals surface area contributed by atoms with E-state index in [1.54, 1.807) is 7.05 Å². The Bertz CT molecular complexity index is 523. The van der Waals surface area contributed by atoms with Crippen LogP contribution in [0.25, 0.3) is 0 Å². The van der Waals surface area contributed by atoms with Crippen LogP contribution in [0.4, 0.5) is 8.78 Å². The van der Waals surface area contributed by atoms with E-state index in [0.29, 0.717) is 12.3 Å². The molecule has 1 heterocycles. The molecule has 4 nitrogen and oxygen atoms in total. The number of likely N-dealkylation sites (N-methyl/N-ethyl adjacent to an activating group) is 1. The van der Waals surface area contributed by atoms with Crippen LogP contribution < -0.4 is 10.1 Å². The molecule has 0 aliphatic carbocycles. The molecule has 21 heavy (non-hydrogen) atoms. The standard InChI is InChI=1S/C15H20F2N2O2/c1-18-15(20)12-5-3-4-8-19(12)9-10-13(21-2)7-6-11(16)14(10)17/h6-7,12H,3-5,8-9H2,1-2H3,(H,18,20)/t12-/m0/s1. The van der Waals surface area contributed by atoms with E-state index in [9.17, 15) is 13.6 Å². The third kappa shape index (κ3) is 3.32. The van der Waals surface area contributed by atoms with Gasteiger partial charge in [-0.1, -0.05) is 6.42 Å². The number of nitrogens with zero attached hydrogens (tertiary/aromatic N) is 1. The van der Waals surface area contributed by atoms with Gasteiger partial charge in [0.2, 0.25) is 5.91 Å². The molecule has 1 aromatic carbocycles. The maximum Gasteiger partial charge on any atom is 0.237 e. The third-order valence-corrected chi connectivity index (χ3v) is 3.90. The zero-order valence-corrected chi connectivity index (χ0v) is 12.3. The van der Waals surface area contributed by atoms with Gasteiger partial charge in [0.15, 0.2) is 11.6 Å². The van der Waals surface area contributed by atoms with Crippen LogP contribution in [0, 0.1) is 11.6 Å². The number of amides is 1. The van der Waals surface area contributed by atoms with Gasteiger partial charge in [0.05, 0.1) is 13.2 Å². The monoisotopic (exact) mass is 298 g/mol. The Morgan fingerprint density at radius 2 is 2.19 bits per heavy atom. The minimum Gasteiger partial charge on any atom is -0.496 e. The fourth-order valence-electron chi connectivity index (χ4n) is 2.76. The Labute approximate surface area is 123 Å². The highest BCUT2D eigenvalue weighted by atomic mass is 19.2. The molecule has 1 amide bonds. The van der Waals surface area contributed by atoms with Crippen LogP contribution in [0.5, 0.6) is 5.75 Å². The number of piperidine rings is 1. The predicted molar refractivity (Wildman–Crippen MR) is 75.0 cm³/mol. The third-order valence-electron chi connectivity index (χ3n) is 3.90. The Morgan fingerprint density at radius 1 is 1.43 bits per heavy atom. The molecule has 0 saturated carbocycles. The van der Waals surface area contributed by atoms with Crippen molar-refractivity contribution in [2.24, 2.45) is 0 Å². The number of nitrogens with one attached hydrogen (secondary N) is 1. The Kier molecular flexibility index (Phi) is 5.12. The smallest absolute Gasteiger partial charge is 0.237 e. The maximum absolute atomic E-state index is 14.0. The molecule has 1 fully saturated rings. The van der Waals surface area contributed by atoms with E-state index in [2.05, 4.69) is 5.32 Å². The minimum absolute atomic E-state index is 0.0921. The van der Waals surface area contributed by atoms with Crippen molar-refractivity contribution in [1.82, 2.24) is 10.2 Å². The van der Waals surface area contributed by atoms with Gasteiger partial charge in [0, 0.05) is 19.2 Å². The van der Waals surface area contributed by atoms with E-state index in [0.717, 1.165) is 25.3 Å². The number of carbonyl (C=O) groups is 1. The van der Waals surface area contributed by atoms with Gasteiger partial charge < -0.3 is 10.1 Å². The average molecular weight is 298 g/mol. The number of hydrogen-bond donors (Lipinski definition) is 1. The fraction of sp³-hybridized carbons (Fsp3) is 0.533. The van der Waals surface area contributed by atoms with Gasteiger partial charge in [-0.15, -0.1) is 0 Å². The molecule has 0 aromatic heterocycles. The van der Waals surface area contributed by atoms with Crippen molar-refractivity contribution in [3.8, 4) is 5.75 Å². The molecule has 1 aliphatic heterocycles. The number of likely N-dealkylation sites (tertiary alicyclic amines) is 1. The molecule has 1 N–H and O–H groups in total. The number of halogens is 2. The molecule has 1 aromatic rings. The first-order chi connectivity index (χ1) is 10.1. The van der Waals surface area contributed by atoms with Crippen molar-refractivity contribution in [2.45, 2.75) is 31.8 Å². The number of rotatable bonds is 4. The van der Waals surface area contributed by atoms with Crippen molar-refractivity contribution in [3.05, 3.63) is 29.3 Å². The lowest BCUT2D eigenvalue weighted by molar-refractivity contribution is -0.127. The Morgan fingerprint density at radius 3 is 2.86 bits per heavy atom. The number of carbonyl (C=O) groups excluding carboxylic acids is 1. The quantitative estimate of drug-likeness (QED) is 0.925. The lowest BCUT2D eigenvalue weighted by Crippen LogP contribution is -2.48. The first-order valence-corrected chi connectivity index (χ1v) is 7.05. The second kappa shape index (κ2) is 6.85. The maximum atomic E-state index is 14.0. The van der Waals surface area contributed by atoms with Gasteiger partial charge in [-0.3, -0.25) is 9.69 Å². The molecule has 0 unspecified atom stereocenters. The first-order valence-electron chi connectivity index (χ1n) is 7.05. The van der Waals surface area contributed by atoms with Gasteiger partial charge in [-0.05, 0) is 31.5 Å². The summed E-state index contributed by atoms with van der Waals surface area (Å²) in [5.74, 6) is -1.60. The van der Waals surface area contributed by atoms with E-state index in [1.165, 1.54) is 13.2 Å². The van der Waals surface area contributed by atoms with Crippen LogP contribution in [-0.4, -0.2) is 37.6 Å². The predicted octanol–water partition coefficient (Wildman–Crippen LogP) is 2.07. The molecular weight excluding hydrogens is 278 g/mol. The summed E-state index contributed by atoms with van der Waals surface area (Å²) in [7, 11) is 3.00. The van der Waals surface area contributed by atoms with Gasteiger partial charge in [-0.25, -0.2) is 8.78 Å².